The lowest BCUT2D eigenvalue weighted by Crippen LogP contribution is -2.39. The molecule has 1 aromatic rings. The van der Waals surface area contributed by atoms with Gasteiger partial charge in [-0.3, -0.25) is 0 Å². The van der Waals surface area contributed by atoms with Crippen LogP contribution in [-0.4, -0.2) is 25.8 Å². The second kappa shape index (κ2) is 7.51. The van der Waals surface area contributed by atoms with Crippen LogP contribution in [0.4, 0.5) is 5.69 Å². The molecule has 0 N–H and O–H groups in total. The summed E-state index contributed by atoms with van der Waals surface area (Å²) in [6.45, 7) is 5.13. The average Bonchev–Trinajstić information content (AvgIpc) is 2.45. The zero-order valence-electron chi connectivity index (χ0n) is 11.4. The minimum atomic E-state index is 0.375. The lowest BCUT2D eigenvalue weighted by atomic mass is 10.1. The number of piperidine rings is 1. The maximum Gasteiger partial charge on any atom is 0.0750 e. The molecular formula is C15H21BrClNO. The van der Waals surface area contributed by atoms with Gasteiger partial charge in [-0.2, -0.15) is 0 Å². The SMILES string of the molecule is CCCOC1CCCN(c2ccc(CCl)c(Br)c2)C1. The van der Waals surface area contributed by atoms with Crippen LogP contribution in [0.5, 0.6) is 0 Å². The zero-order chi connectivity index (χ0) is 13.7. The van der Waals surface area contributed by atoms with Crippen LogP contribution in [0.1, 0.15) is 31.7 Å². The molecule has 0 radical (unpaired) electrons. The van der Waals surface area contributed by atoms with Crippen LogP contribution in [-0.2, 0) is 10.6 Å². The second-order valence-electron chi connectivity index (χ2n) is 4.99. The van der Waals surface area contributed by atoms with Crippen molar-refractivity contribution < 1.29 is 4.74 Å². The molecule has 106 valence electrons. The molecule has 1 atom stereocenters. The van der Waals surface area contributed by atoms with Gasteiger partial charge in [0.05, 0.1) is 6.10 Å². The first kappa shape index (κ1) is 15.1. The number of nitrogens with zero attached hydrogens (tertiary/aromatic N) is 1. The number of anilines is 1. The lowest BCUT2D eigenvalue weighted by molar-refractivity contribution is 0.0440. The number of benzene rings is 1. The van der Waals surface area contributed by atoms with Crippen molar-refractivity contribution in [3.8, 4) is 0 Å². The molecular weight excluding hydrogens is 326 g/mol. The first-order chi connectivity index (χ1) is 9.24. The fourth-order valence-corrected chi connectivity index (χ4v) is 3.34. The number of rotatable bonds is 5. The van der Waals surface area contributed by atoms with Gasteiger partial charge in [-0.25, -0.2) is 0 Å². The molecule has 0 aromatic heterocycles. The van der Waals surface area contributed by atoms with E-state index in [2.05, 4.69) is 46.0 Å². The molecule has 0 amide bonds. The maximum atomic E-state index is 5.89. The molecule has 1 aliphatic heterocycles. The monoisotopic (exact) mass is 345 g/mol. The van der Waals surface area contributed by atoms with E-state index >= 15 is 0 Å². The largest absolute Gasteiger partial charge is 0.376 e. The van der Waals surface area contributed by atoms with E-state index in [-0.39, 0.29) is 0 Å². The Bertz CT molecular complexity index is 413. The van der Waals surface area contributed by atoms with Gasteiger partial charge in [-0.15, -0.1) is 11.6 Å². The molecule has 0 aliphatic carbocycles. The van der Waals surface area contributed by atoms with Crippen LogP contribution in [0, 0.1) is 0 Å². The standard InChI is InChI=1S/C15H21BrClNO/c1-2-8-19-14-4-3-7-18(11-14)13-6-5-12(10-17)15(16)9-13/h5-6,9,14H,2-4,7-8,10-11H2,1H3. The molecule has 1 aromatic carbocycles. The Hall–Kier alpha value is -0.250. The number of halogens is 2. The summed E-state index contributed by atoms with van der Waals surface area (Å²) in [6.07, 6.45) is 3.84. The first-order valence-corrected chi connectivity index (χ1v) is 8.28. The second-order valence-corrected chi connectivity index (χ2v) is 6.11. The third kappa shape index (κ3) is 4.11. The van der Waals surface area contributed by atoms with E-state index in [9.17, 15) is 0 Å². The normalized spacial score (nSPS) is 19.7. The van der Waals surface area contributed by atoms with Crippen molar-refractivity contribution in [2.75, 3.05) is 24.6 Å². The highest BCUT2D eigenvalue weighted by Crippen LogP contribution is 2.27. The van der Waals surface area contributed by atoms with Crippen molar-refractivity contribution in [3.63, 3.8) is 0 Å². The van der Waals surface area contributed by atoms with Crippen LogP contribution >= 0.6 is 27.5 Å². The quantitative estimate of drug-likeness (QED) is 0.723. The minimum absolute atomic E-state index is 0.375. The number of hydrogen-bond acceptors (Lipinski definition) is 2. The average molecular weight is 347 g/mol. The van der Waals surface area contributed by atoms with E-state index in [4.69, 9.17) is 16.3 Å². The first-order valence-electron chi connectivity index (χ1n) is 6.95. The summed E-state index contributed by atoms with van der Waals surface area (Å²) >= 11 is 9.48. The summed E-state index contributed by atoms with van der Waals surface area (Å²) < 4.78 is 6.98. The molecule has 0 spiro atoms. The summed E-state index contributed by atoms with van der Waals surface area (Å²) in [7, 11) is 0. The van der Waals surface area contributed by atoms with Crippen molar-refractivity contribution in [1.29, 1.82) is 0 Å². The Morgan fingerprint density at radius 3 is 3.00 bits per heavy atom. The highest BCUT2D eigenvalue weighted by atomic mass is 79.9. The van der Waals surface area contributed by atoms with Crippen molar-refractivity contribution in [3.05, 3.63) is 28.2 Å². The van der Waals surface area contributed by atoms with Gasteiger partial charge < -0.3 is 9.64 Å². The van der Waals surface area contributed by atoms with E-state index in [1.54, 1.807) is 0 Å². The van der Waals surface area contributed by atoms with Crippen LogP contribution in [0.3, 0.4) is 0 Å². The van der Waals surface area contributed by atoms with Gasteiger partial charge in [0, 0.05) is 35.7 Å². The van der Waals surface area contributed by atoms with E-state index in [0.29, 0.717) is 12.0 Å². The Morgan fingerprint density at radius 2 is 2.32 bits per heavy atom. The molecule has 19 heavy (non-hydrogen) atoms. The lowest BCUT2D eigenvalue weighted by Gasteiger charge is -2.34. The summed E-state index contributed by atoms with van der Waals surface area (Å²) in [5, 5.41) is 0. The molecule has 1 fully saturated rings. The smallest absolute Gasteiger partial charge is 0.0750 e. The molecule has 1 aliphatic rings. The molecule has 1 saturated heterocycles. The van der Waals surface area contributed by atoms with E-state index in [1.165, 1.54) is 18.5 Å². The number of ether oxygens (including phenoxy) is 1. The van der Waals surface area contributed by atoms with Gasteiger partial charge in [0.25, 0.3) is 0 Å². The van der Waals surface area contributed by atoms with Gasteiger partial charge in [0.15, 0.2) is 0 Å². The van der Waals surface area contributed by atoms with Crippen LogP contribution in [0.15, 0.2) is 22.7 Å². The van der Waals surface area contributed by atoms with Gasteiger partial charge >= 0.3 is 0 Å². The van der Waals surface area contributed by atoms with Gasteiger partial charge in [0.2, 0.25) is 0 Å². The van der Waals surface area contributed by atoms with Crippen LogP contribution in [0.2, 0.25) is 0 Å². The molecule has 1 heterocycles. The maximum absolute atomic E-state index is 5.89. The Morgan fingerprint density at radius 1 is 1.47 bits per heavy atom. The minimum Gasteiger partial charge on any atom is -0.376 e. The Labute approximate surface area is 129 Å². The van der Waals surface area contributed by atoms with E-state index < -0.39 is 0 Å². The fourth-order valence-electron chi connectivity index (χ4n) is 2.43. The van der Waals surface area contributed by atoms with Gasteiger partial charge in [-0.05, 0) is 37.0 Å². The van der Waals surface area contributed by atoms with Gasteiger partial charge in [-0.1, -0.05) is 28.9 Å². The third-order valence-corrected chi connectivity index (χ3v) is 4.51. The summed E-state index contributed by atoms with van der Waals surface area (Å²) in [5.41, 5.74) is 2.40. The summed E-state index contributed by atoms with van der Waals surface area (Å²) in [5.74, 6) is 0.545. The van der Waals surface area contributed by atoms with Gasteiger partial charge in [0.1, 0.15) is 0 Å². The fraction of sp³-hybridized carbons (Fsp3) is 0.600. The molecule has 1 unspecified atom stereocenters. The number of hydrogen-bond donors (Lipinski definition) is 0. The third-order valence-electron chi connectivity index (χ3n) is 3.48. The highest BCUT2D eigenvalue weighted by molar-refractivity contribution is 9.10. The van der Waals surface area contributed by atoms with Crippen LogP contribution in [0.25, 0.3) is 0 Å². The van der Waals surface area contributed by atoms with Crippen molar-refractivity contribution in [2.24, 2.45) is 0 Å². The summed E-state index contributed by atoms with van der Waals surface area (Å²) in [6, 6.07) is 6.42. The molecule has 2 nitrogen and oxygen atoms in total. The predicted octanol–water partition coefficient (Wildman–Crippen LogP) is 4.58. The van der Waals surface area contributed by atoms with Crippen molar-refractivity contribution in [2.45, 2.75) is 38.2 Å². The topological polar surface area (TPSA) is 12.5 Å². The van der Waals surface area contributed by atoms with Crippen LogP contribution < -0.4 is 4.90 Å². The van der Waals surface area contributed by atoms with Crippen molar-refractivity contribution >= 4 is 33.2 Å². The molecule has 0 saturated carbocycles. The zero-order valence-corrected chi connectivity index (χ0v) is 13.7. The Kier molecular flexibility index (Phi) is 5.99. The molecule has 4 heteroatoms. The Balaban J connectivity index is 2.02. The number of alkyl halides is 1. The highest BCUT2D eigenvalue weighted by Gasteiger charge is 2.20. The van der Waals surface area contributed by atoms with Crippen molar-refractivity contribution in [1.82, 2.24) is 0 Å². The van der Waals surface area contributed by atoms with E-state index in [0.717, 1.165) is 36.2 Å². The predicted molar refractivity (Wildman–Crippen MR) is 85.2 cm³/mol. The summed E-state index contributed by atoms with van der Waals surface area (Å²) in [4.78, 5) is 2.41. The molecule has 2 rings (SSSR count). The van der Waals surface area contributed by atoms with E-state index in [1.807, 2.05) is 0 Å². The molecule has 0 bridgehead atoms.